The third-order valence-corrected chi connectivity index (χ3v) is 5.43. The quantitative estimate of drug-likeness (QED) is 0.628. The molecule has 0 aliphatic carbocycles. The van der Waals surface area contributed by atoms with Crippen LogP contribution in [0, 0.1) is 8.99 Å². The van der Waals surface area contributed by atoms with Crippen LogP contribution in [0.1, 0.15) is 33.1 Å². The van der Waals surface area contributed by atoms with Crippen LogP contribution in [-0.4, -0.2) is 26.0 Å². The summed E-state index contributed by atoms with van der Waals surface area (Å²) in [6.07, 6.45) is 1.20. The van der Waals surface area contributed by atoms with E-state index in [1.165, 1.54) is 0 Å². The second kappa shape index (κ2) is 7.55. The third-order valence-electron chi connectivity index (χ3n) is 3.23. The molecule has 0 spiro atoms. The fourth-order valence-corrected chi connectivity index (χ4v) is 3.18. The maximum atomic E-state index is 12.1. The van der Waals surface area contributed by atoms with Crippen molar-refractivity contribution < 1.29 is 18.3 Å². The lowest BCUT2D eigenvalue weighted by atomic mass is 9.84. The molecule has 1 rings (SSSR count). The second-order valence-corrected chi connectivity index (χ2v) is 8.67. The van der Waals surface area contributed by atoms with Gasteiger partial charge in [0.2, 0.25) is 10.0 Å². The Balaban J connectivity index is 2.54. The Bertz CT molecular complexity index is 581. The Labute approximate surface area is 139 Å². The zero-order chi connectivity index (χ0) is 16.1. The van der Waals surface area contributed by atoms with Gasteiger partial charge in [-0.05, 0) is 65.1 Å². The Morgan fingerprint density at radius 2 is 1.81 bits per heavy atom. The van der Waals surface area contributed by atoms with Gasteiger partial charge in [0.05, 0.1) is 4.90 Å². The van der Waals surface area contributed by atoms with E-state index in [-0.39, 0.29) is 16.7 Å². The smallest absolute Gasteiger partial charge is 0.303 e. The van der Waals surface area contributed by atoms with Crippen LogP contribution >= 0.6 is 22.6 Å². The van der Waals surface area contributed by atoms with Gasteiger partial charge in [-0.3, -0.25) is 4.79 Å². The van der Waals surface area contributed by atoms with E-state index in [1.54, 1.807) is 24.3 Å². The molecule has 0 aromatic heterocycles. The number of halogens is 1. The minimum atomic E-state index is -3.50. The lowest BCUT2D eigenvalue weighted by Gasteiger charge is -2.23. The molecule has 0 saturated carbocycles. The maximum Gasteiger partial charge on any atom is 0.303 e. The molecule has 0 aliphatic heterocycles. The Hall–Kier alpha value is -0.670. The predicted octanol–water partition coefficient (Wildman–Crippen LogP) is 2.85. The number of hydrogen-bond acceptors (Lipinski definition) is 3. The fourth-order valence-electron chi connectivity index (χ4n) is 1.79. The summed E-state index contributed by atoms with van der Waals surface area (Å²) in [6.45, 7) is 4.17. The van der Waals surface area contributed by atoms with Crippen molar-refractivity contribution >= 4 is 38.6 Å². The normalized spacial score (nSPS) is 12.3. The minimum Gasteiger partial charge on any atom is -0.481 e. The number of rotatable bonds is 8. The number of carboxylic acid groups (broad SMARTS) is 1. The van der Waals surface area contributed by atoms with Crippen molar-refractivity contribution in [3.05, 3.63) is 27.8 Å². The fraction of sp³-hybridized carbons (Fsp3) is 0.500. The second-order valence-electron chi connectivity index (χ2n) is 5.66. The van der Waals surface area contributed by atoms with E-state index < -0.39 is 16.0 Å². The van der Waals surface area contributed by atoms with Gasteiger partial charge in [0, 0.05) is 16.5 Å². The number of carboxylic acids is 1. The van der Waals surface area contributed by atoms with Crippen LogP contribution < -0.4 is 4.72 Å². The zero-order valence-electron chi connectivity index (χ0n) is 12.1. The van der Waals surface area contributed by atoms with E-state index in [2.05, 4.69) is 27.3 Å². The molecule has 0 amide bonds. The molecule has 0 radical (unpaired) electrons. The molecule has 1 aromatic rings. The van der Waals surface area contributed by atoms with Gasteiger partial charge >= 0.3 is 5.97 Å². The molecule has 1 aromatic carbocycles. The van der Waals surface area contributed by atoms with E-state index in [0.717, 1.165) is 3.57 Å². The summed E-state index contributed by atoms with van der Waals surface area (Å²) in [4.78, 5) is 10.8. The first-order valence-electron chi connectivity index (χ1n) is 6.59. The standard InChI is InChI=1S/C14H20INO4S/c1-14(2,8-7-13(17)18)9-10-16-21(19,20)12-5-3-11(15)4-6-12/h3-6,16H,7-10H2,1-2H3,(H,17,18). The van der Waals surface area contributed by atoms with Gasteiger partial charge in [0.15, 0.2) is 0 Å². The molecule has 0 bridgehead atoms. The van der Waals surface area contributed by atoms with E-state index >= 15 is 0 Å². The van der Waals surface area contributed by atoms with Crippen LogP contribution in [0.2, 0.25) is 0 Å². The highest BCUT2D eigenvalue weighted by Gasteiger charge is 2.21. The lowest BCUT2D eigenvalue weighted by molar-refractivity contribution is -0.137. The Morgan fingerprint density at radius 3 is 2.33 bits per heavy atom. The first-order chi connectivity index (χ1) is 9.62. The number of nitrogens with one attached hydrogen (secondary N) is 1. The lowest BCUT2D eigenvalue weighted by Crippen LogP contribution is -2.28. The molecule has 0 heterocycles. The third kappa shape index (κ3) is 6.75. The monoisotopic (exact) mass is 425 g/mol. The van der Waals surface area contributed by atoms with Gasteiger partial charge in [-0.2, -0.15) is 0 Å². The first kappa shape index (κ1) is 18.4. The van der Waals surface area contributed by atoms with Crippen LogP contribution in [-0.2, 0) is 14.8 Å². The maximum absolute atomic E-state index is 12.1. The summed E-state index contributed by atoms with van der Waals surface area (Å²) in [7, 11) is -3.50. The summed E-state index contributed by atoms with van der Waals surface area (Å²) in [5, 5.41) is 8.69. The minimum absolute atomic E-state index is 0.0941. The van der Waals surface area contributed by atoms with Crippen molar-refractivity contribution in [1.29, 1.82) is 0 Å². The number of benzene rings is 1. The van der Waals surface area contributed by atoms with Crippen LogP contribution in [0.5, 0.6) is 0 Å². The predicted molar refractivity (Wildman–Crippen MR) is 89.6 cm³/mol. The summed E-state index contributed by atoms with van der Waals surface area (Å²) < 4.78 is 27.7. The van der Waals surface area contributed by atoms with Crippen LogP contribution in [0.3, 0.4) is 0 Å². The highest BCUT2D eigenvalue weighted by Crippen LogP contribution is 2.26. The summed E-state index contributed by atoms with van der Waals surface area (Å²) in [6, 6.07) is 6.62. The molecule has 21 heavy (non-hydrogen) atoms. The van der Waals surface area contributed by atoms with Crippen molar-refractivity contribution in [1.82, 2.24) is 4.72 Å². The number of sulfonamides is 1. The van der Waals surface area contributed by atoms with Crippen molar-refractivity contribution in [2.24, 2.45) is 5.41 Å². The molecular weight excluding hydrogens is 405 g/mol. The van der Waals surface area contributed by atoms with E-state index in [4.69, 9.17) is 5.11 Å². The topological polar surface area (TPSA) is 83.5 Å². The first-order valence-corrected chi connectivity index (χ1v) is 9.16. The molecule has 0 unspecified atom stereocenters. The van der Waals surface area contributed by atoms with Gasteiger partial charge in [0.1, 0.15) is 0 Å². The van der Waals surface area contributed by atoms with Crippen molar-refractivity contribution in [3.63, 3.8) is 0 Å². The van der Waals surface area contributed by atoms with Crippen molar-refractivity contribution in [3.8, 4) is 0 Å². The SMILES string of the molecule is CC(C)(CCNS(=O)(=O)c1ccc(I)cc1)CCC(=O)O. The average molecular weight is 425 g/mol. The van der Waals surface area contributed by atoms with Gasteiger partial charge in [-0.15, -0.1) is 0 Å². The van der Waals surface area contributed by atoms with Gasteiger partial charge < -0.3 is 5.11 Å². The van der Waals surface area contributed by atoms with Crippen LogP contribution in [0.25, 0.3) is 0 Å². The van der Waals surface area contributed by atoms with Crippen molar-refractivity contribution in [2.45, 2.75) is 38.0 Å². The molecule has 0 atom stereocenters. The van der Waals surface area contributed by atoms with E-state index in [9.17, 15) is 13.2 Å². The molecule has 7 heteroatoms. The summed E-state index contributed by atoms with van der Waals surface area (Å²) in [5.41, 5.74) is -0.215. The summed E-state index contributed by atoms with van der Waals surface area (Å²) in [5.74, 6) is -0.831. The van der Waals surface area contributed by atoms with Gasteiger partial charge in [0.25, 0.3) is 0 Å². The van der Waals surface area contributed by atoms with E-state index in [1.807, 2.05) is 13.8 Å². The van der Waals surface area contributed by atoms with Gasteiger partial charge in [-0.1, -0.05) is 13.8 Å². The molecule has 5 nitrogen and oxygen atoms in total. The summed E-state index contributed by atoms with van der Waals surface area (Å²) >= 11 is 2.12. The average Bonchev–Trinajstić information content (AvgIpc) is 2.36. The van der Waals surface area contributed by atoms with E-state index in [0.29, 0.717) is 19.4 Å². The van der Waals surface area contributed by atoms with Gasteiger partial charge in [-0.25, -0.2) is 13.1 Å². The largest absolute Gasteiger partial charge is 0.481 e. The molecule has 0 fully saturated rings. The molecule has 2 N–H and O–H groups in total. The molecule has 0 saturated heterocycles. The molecule has 0 aliphatic rings. The number of hydrogen-bond donors (Lipinski definition) is 2. The van der Waals surface area contributed by atoms with Crippen molar-refractivity contribution in [2.75, 3.05) is 6.54 Å². The van der Waals surface area contributed by atoms with Crippen LogP contribution in [0.15, 0.2) is 29.2 Å². The highest BCUT2D eigenvalue weighted by atomic mass is 127. The Kier molecular flexibility index (Phi) is 6.61. The molecular formula is C14H20INO4S. The number of carbonyl (C=O) groups is 1. The Morgan fingerprint density at radius 1 is 1.24 bits per heavy atom. The zero-order valence-corrected chi connectivity index (χ0v) is 15.1. The number of aliphatic carboxylic acids is 1. The molecule has 118 valence electrons. The van der Waals surface area contributed by atoms with Crippen LogP contribution in [0.4, 0.5) is 0 Å². The highest BCUT2D eigenvalue weighted by molar-refractivity contribution is 14.1.